The zero-order chi connectivity index (χ0) is 22.5. The average Bonchev–Trinajstić information content (AvgIpc) is 3.24. The Labute approximate surface area is 182 Å². The second-order valence-corrected chi connectivity index (χ2v) is 6.86. The Morgan fingerprint density at radius 1 is 1.12 bits per heavy atom. The largest absolute Gasteiger partial charge is 0.493 e. The molecule has 0 bridgehead atoms. The number of nitrogens with zero attached hydrogens (tertiary/aromatic N) is 3. The fourth-order valence-corrected chi connectivity index (χ4v) is 3.36. The van der Waals surface area contributed by atoms with Crippen LogP contribution in [-0.4, -0.2) is 40.8 Å². The van der Waals surface area contributed by atoms with Crippen molar-refractivity contribution in [3.8, 4) is 22.8 Å². The van der Waals surface area contributed by atoms with Crippen LogP contribution < -0.4 is 14.8 Å². The standard InChI is InChI=1S/C23H20F2N4O3/c1-31-19-8-7-15(13-20(19)32-23(24)25)9-11-27-22(30)17-14-28-29-18(10-12-26-21(17)29)16-5-3-2-4-6-16/h2-8,10,12-14,23H,9,11H2,1H3,(H,27,30). The molecule has 1 N–H and O–H groups in total. The van der Waals surface area contributed by atoms with Crippen molar-refractivity contribution >= 4 is 11.6 Å². The summed E-state index contributed by atoms with van der Waals surface area (Å²) in [5.41, 5.74) is 3.28. The van der Waals surface area contributed by atoms with Crippen LogP contribution in [0.5, 0.6) is 11.5 Å². The third-order valence-corrected chi connectivity index (χ3v) is 4.86. The summed E-state index contributed by atoms with van der Waals surface area (Å²) < 4.78 is 36.4. The van der Waals surface area contributed by atoms with Crippen molar-refractivity contribution in [2.24, 2.45) is 0 Å². The number of methoxy groups -OCH3 is 1. The molecule has 7 nitrogen and oxygen atoms in total. The number of amides is 1. The van der Waals surface area contributed by atoms with E-state index in [2.05, 4.69) is 20.1 Å². The number of nitrogens with one attached hydrogen (secondary N) is 1. The second-order valence-electron chi connectivity index (χ2n) is 6.86. The van der Waals surface area contributed by atoms with Crippen molar-refractivity contribution in [2.45, 2.75) is 13.0 Å². The molecule has 0 atom stereocenters. The molecule has 4 aromatic rings. The van der Waals surface area contributed by atoms with Gasteiger partial charge in [0.25, 0.3) is 5.91 Å². The summed E-state index contributed by atoms with van der Waals surface area (Å²) in [4.78, 5) is 17.0. The van der Waals surface area contributed by atoms with Gasteiger partial charge in [-0.2, -0.15) is 13.9 Å². The second kappa shape index (κ2) is 9.42. The highest BCUT2D eigenvalue weighted by Gasteiger charge is 2.16. The maximum atomic E-state index is 12.7. The number of aromatic nitrogens is 3. The van der Waals surface area contributed by atoms with Crippen LogP contribution in [0.3, 0.4) is 0 Å². The van der Waals surface area contributed by atoms with Crippen LogP contribution in [0.4, 0.5) is 8.78 Å². The first-order chi connectivity index (χ1) is 15.6. The fourth-order valence-electron chi connectivity index (χ4n) is 3.36. The third-order valence-electron chi connectivity index (χ3n) is 4.86. The normalized spacial score (nSPS) is 11.0. The molecule has 0 unspecified atom stereocenters. The first-order valence-electron chi connectivity index (χ1n) is 9.85. The molecule has 0 saturated carbocycles. The number of carbonyl (C=O) groups excluding carboxylic acids is 1. The molecule has 0 aliphatic rings. The van der Waals surface area contributed by atoms with Gasteiger partial charge in [-0.1, -0.05) is 36.4 Å². The van der Waals surface area contributed by atoms with Crippen molar-refractivity contribution in [3.05, 3.63) is 78.1 Å². The van der Waals surface area contributed by atoms with Gasteiger partial charge in [0.15, 0.2) is 17.1 Å². The van der Waals surface area contributed by atoms with Crippen molar-refractivity contribution in [2.75, 3.05) is 13.7 Å². The maximum Gasteiger partial charge on any atom is 0.387 e. The number of alkyl halides is 2. The van der Waals surface area contributed by atoms with Crippen LogP contribution in [0, 0.1) is 0 Å². The Bertz CT molecular complexity index is 1230. The lowest BCUT2D eigenvalue weighted by Gasteiger charge is -2.11. The predicted octanol–water partition coefficient (Wildman–Crippen LogP) is 3.98. The van der Waals surface area contributed by atoms with E-state index in [-0.39, 0.29) is 24.0 Å². The van der Waals surface area contributed by atoms with Crippen molar-refractivity contribution in [1.82, 2.24) is 19.9 Å². The topological polar surface area (TPSA) is 77.8 Å². The van der Waals surface area contributed by atoms with E-state index in [9.17, 15) is 13.6 Å². The van der Waals surface area contributed by atoms with Gasteiger partial charge < -0.3 is 14.8 Å². The van der Waals surface area contributed by atoms with Gasteiger partial charge in [-0.25, -0.2) is 9.50 Å². The fraction of sp³-hybridized carbons (Fsp3) is 0.174. The molecule has 2 aromatic heterocycles. The molecule has 0 spiro atoms. The van der Waals surface area contributed by atoms with E-state index >= 15 is 0 Å². The van der Waals surface area contributed by atoms with Crippen molar-refractivity contribution < 1.29 is 23.0 Å². The van der Waals surface area contributed by atoms with E-state index in [0.29, 0.717) is 23.2 Å². The summed E-state index contributed by atoms with van der Waals surface area (Å²) in [5.74, 6) is -0.161. The SMILES string of the molecule is COc1ccc(CCNC(=O)c2cnn3c(-c4ccccc4)ccnc23)cc1OC(F)F. The summed E-state index contributed by atoms with van der Waals surface area (Å²) in [6.07, 6.45) is 3.53. The number of benzene rings is 2. The van der Waals surface area contributed by atoms with Gasteiger partial charge in [0, 0.05) is 18.3 Å². The number of ether oxygens (including phenoxy) is 2. The van der Waals surface area contributed by atoms with Crippen LogP contribution in [0.25, 0.3) is 16.9 Å². The number of hydrogen-bond donors (Lipinski definition) is 1. The Morgan fingerprint density at radius 3 is 2.69 bits per heavy atom. The lowest BCUT2D eigenvalue weighted by atomic mass is 10.1. The van der Waals surface area contributed by atoms with Crippen LogP contribution in [0.15, 0.2) is 67.0 Å². The number of hydrogen-bond acceptors (Lipinski definition) is 5. The summed E-state index contributed by atoms with van der Waals surface area (Å²) in [5, 5.41) is 7.15. The smallest absolute Gasteiger partial charge is 0.387 e. The molecular formula is C23H20F2N4O3. The molecule has 0 aliphatic heterocycles. The Kier molecular flexibility index (Phi) is 6.25. The molecule has 2 aromatic carbocycles. The first-order valence-corrected chi connectivity index (χ1v) is 9.85. The minimum absolute atomic E-state index is 0.0494. The van der Waals surface area contributed by atoms with Crippen LogP contribution in [-0.2, 0) is 6.42 Å². The van der Waals surface area contributed by atoms with Crippen LogP contribution >= 0.6 is 0 Å². The van der Waals surface area contributed by atoms with Crippen LogP contribution in [0.1, 0.15) is 15.9 Å². The molecule has 32 heavy (non-hydrogen) atoms. The van der Waals surface area contributed by atoms with Crippen molar-refractivity contribution in [1.29, 1.82) is 0 Å². The van der Waals surface area contributed by atoms with Crippen molar-refractivity contribution in [3.63, 3.8) is 0 Å². The lowest BCUT2D eigenvalue weighted by molar-refractivity contribution is -0.0512. The highest BCUT2D eigenvalue weighted by Crippen LogP contribution is 2.29. The number of rotatable bonds is 8. The van der Waals surface area contributed by atoms with E-state index in [1.54, 1.807) is 22.8 Å². The molecular weight excluding hydrogens is 418 g/mol. The summed E-state index contributed by atoms with van der Waals surface area (Å²) in [6, 6.07) is 16.3. The number of carbonyl (C=O) groups is 1. The molecule has 4 rings (SSSR count). The molecule has 0 aliphatic carbocycles. The highest BCUT2D eigenvalue weighted by molar-refractivity contribution is 5.99. The zero-order valence-corrected chi connectivity index (χ0v) is 17.2. The minimum Gasteiger partial charge on any atom is -0.493 e. The van der Waals surface area contributed by atoms with Gasteiger partial charge in [-0.05, 0) is 30.2 Å². The monoisotopic (exact) mass is 438 g/mol. The summed E-state index contributed by atoms with van der Waals surface area (Å²) >= 11 is 0. The quantitative estimate of drug-likeness (QED) is 0.450. The molecule has 0 saturated heterocycles. The molecule has 9 heteroatoms. The summed E-state index contributed by atoms with van der Waals surface area (Å²) in [7, 11) is 1.38. The van der Waals surface area contributed by atoms with E-state index in [1.165, 1.54) is 19.4 Å². The predicted molar refractivity (Wildman–Crippen MR) is 114 cm³/mol. The van der Waals surface area contributed by atoms with Crippen LogP contribution in [0.2, 0.25) is 0 Å². The first kappa shape index (κ1) is 21.2. The van der Waals surface area contributed by atoms with Gasteiger partial charge >= 0.3 is 6.61 Å². The van der Waals surface area contributed by atoms with E-state index in [4.69, 9.17) is 4.74 Å². The van der Waals surface area contributed by atoms with E-state index < -0.39 is 6.61 Å². The molecule has 164 valence electrons. The van der Waals surface area contributed by atoms with Gasteiger partial charge in [0.2, 0.25) is 0 Å². The number of halogens is 2. The summed E-state index contributed by atoms with van der Waals surface area (Å²) in [6.45, 7) is -2.67. The molecule has 0 fully saturated rings. The highest BCUT2D eigenvalue weighted by atomic mass is 19.3. The van der Waals surface area contributed by atoms with E-state index in [0.717, 1.165) is 11.3 Å². The Morgan fingerprint density at radius 2 is 1.94 bits per heavy atom. The molecule has 0 radical (unpaired) electrons. The maximum absolute atomic E-state index is 12.7. The zero-order valence-electron chi connectivity index (χ0n) is 17.2. The third kappa shape index (κ3) is 4.51. The molecule has 2 heterocycles. The van der Waals surface area contributed by atoms with Gasteiger partial charge in [0.1, 0.15) is 5.56 Å². The van der Waals surface area contributed by atoms with Gasteiger partial charge in [-0.3, -0.25) is 4.79 Å². The average molecular weight is 438 g/mol. The Hall–Kier alpha value is -4.01. The van der Waals surface area contributed by atoms with Gasteiger partial charge in [-0.15, -0.1) is 0 Å². The van der Waals surface area contributed by atoms with E-state index in [1.807, 2.05) is 36.4 Å². The minimum atomic E-state index is -2.96. The van der Waals surface area contributed by atoms with Gasteiger partial charge in [0.05, 0.1) is 19.0 Å². The Balaban J connectivity index is 1.46. The number of fused-ring (bicyclic) bond motifs is 1. The lowest BCUT2D eigenvalue weighted by Crippen LogP contribution is -2.25. The molecule has 1 amide bonds.